The highest BCUT2D eigenvalue weighted by molar-refractivity contribution is 8.16. The molecule has 1 aliphatic heterocycles. The first-order valence-corrected chi connectivity index (χ1v) is 10.4. The van der Waals surface area contributed by atoms with Crippen molar-refractivity contribution in [1.29, 1.82) is 5.26 Å². The van der Waals surface area contributed by atoms with E-state index in [2.05, 4.69) is 18.2 Å². The van der Waals surface area contributed by atoms with Crippen LogP contribution >= 0.6 is 23.5 Å². The van der Waals surface area contributed by atoms with E-state index in [9.17, 15) is 4.79 Å². The molecule has 4 nitrogen and oxygen atoms in total. The van der Waals surface area contributed by atoms with Gasteiger partial charge in [0.15, 0.2) is 6.61 Å². The third-order valence-electron chi connectivity index (χ3n) is 3.82. The summed E-state index contributed by atoms with van der Waals surface area (Å²) in [5.41, 5.74) is 2.71. The predicted octanol–water partition coefficient (Wildman–Crippen LogP) is 4.55. The van der Waals surface area contributed by atoms with Crippen molar-refractivity contribution in [3.8, 4) is 11.8 Å². The van der Waals surface area contributed by atoms with Crippen LogP contribution in [0.15, 0.2) is 48.5 Å². The summed E-state index contributed by atoms with van der Waals surface area (Å²) in [5, 5.41) is 8.76. The van der Waals surface area contributed by atoms with Crippen LogP contribution in [-0.4, -0.2) is 24.1 Å². The Morgan fingerprint density at radius 1 is 1.08 bits per heavy atom. The molecule has 0 radical (unpaired) electrons. The fourth-order valence-electron chi connectivity index (χ4n) is 2.42. The maximum atomic E-state index is 11.8. The summed E-state index contributed by atoms with van der Waals surface area (Å²) >= 11 is 3.95. The summed E-state index contributed by atoms with van der Waals surface area (Å²) in [6, 6.07) is 16.9. The van der Waals surface area contributed by atoms with Crippen LogP contribution in [0.1, 0.15) is 27.7 Å². The number of rotatable bonds is 6. The Labute approximate surface area is 161 Å². The van der Waals surface area contributed by atoms with Gasteiger partial charge in [0.25, 0.3) is 0 Å². The topological polar surface area (TPSA) is 59.3 Å². The van der Waals surface area contributed by atoms with Crippen molar-refractivity contribution in [1.82, 2.24) is 0 Å². The minimum atomic E-state index is -0.420. The normalized spacial score (nSPS) is 14.4. The minimum Gasteiger partial charge on any atom is -0.482 e. The second kappa shape index (κ2) is 9.56. The van der Waals surface area contributed by atoms with Crippen LogP contribution < -0.4 is 4.74 Å². The SMILES string of the molecule is N#Cc1ccc(COC(=O)COc2ccc(C3SCCCS3)cc2)cc1. The molecule has 1 aliphatic rings. The molecule has 1 saturated heterocycles. The number of nitriles is 1. The van der Waals surface area contributed by atoms with E-state index in [1.54, 1.807) is 24.3 Å². The molecule has 0 amide bonds. The lowest BCUT2D eigenvalue weighted by atomic mass is 10.2. The Morgan fingerprint density at radius 3 is 2.42 bits per heavy atom. The highest BCUT2D eigenvalue weighted by Crippen LogP contribution is 2.43. The molecule has 0 aromatic heterocycles. The van der Waals surface area contributed by atoms with Gasteiger partial charge >= 0.3 is 5.97 Å². The molecular formula is C20H19NO3S2. The van der Waals surface area contributed by atoms with Gasteiger partial charge in [0.2, 0.25) is 0 Å². The molecule has 0 aliphatic carbocycles. The van der Waals surface area contributed by atoms with E-state index in [1.807, 2.05) is 35.7 Å². The average Bonchev–Trinajstić information content (AvgIpc) is 2.72. The van der Waals surface area contributed by atoms with Gasteiger partial charge in [-0.2, -0.15) is 5.26 Å². The molecule has 0 unspecified atom stereocenters. The van der Waals surface area contributed by atoms with Gasteiger partial charge in [0.1, 0.15) is 12.4 Å². The van der Waals surface area contributed by atoms with Gasteiger partial charge in [-0.1, -0.05) is 24.3 Å². The van der Waals surface area contributed by atoms with E-state index in [0.29, 0.717) is 15.9 Å². The van der Waals surface area contributed by atoms with Gasteiger partial charge in [-0.25, -0.2) is 4.79 Å². The number of carbonyl (C=O) groups is 1. The summed E-state index contributed by atoms with van der Waals surface area (Å²) in [7, 11) is 0. The number of ether oxygens (including phenoxy) is 2. The molecule has 1 fully saturated rings. The van der Waals surface area contributed by atoms with Crippen LogP contribution in [0.2, 0.25) is 0 Å². The van der Waals surface area contributed by atoms with E-state index in [4.69, 9.17) is 14.7 Å². The van der Waals surface area contributed by atoms with Crippen molar-refractivity contribution in [3.63, 3.8) is 0 Å². The molecule has 2 aromatic carbocycles. The number of hydrogen-bond donors (Lipinski definition) is 0. The van der Waals surface area contributed by atoms with Crippen LogP contribution in [-0.2, 0) is 16.1 Å². The van der Waals surface area contributed by atoms with Crippen molar-refractivity contribution in [2.45, 2.75) is 17.6 Å². The first kappa shape index (κ1) is 18.7. The maximum Gasteiger partial charge on any atom is 0.344 e. The largest absolute Gasteiger partial charge is 0.482 e. The molecule has 2 aromatic rings. The zero-order chi connectivity index (χ0) is 18.2. The zero-order valence-corrected chi connectivity index (χ0v) is 15.9. The van der Waals surface area contributed by atoms with Crippen molar-refractivity contribution in [3.05, 3.63) is 65.2 Å². The lowest BCUT2D eigenvalue weighted by Crippen LogP contribution is -2.14. The van der Waals surface area contributed by atoms with Crippen molar-refractivity contribution < 1.29 is 14.3 Å². The van der Waals surface area contributed by atoms with Crippen LogP contribution in [0.4, 0.5) is 0 Å². The number of nitrogens with zero attached hydrogens (tertiary/aromatic N) is 1. The Balaban J connectivity index is 1.42. The number of esters is 1. The van der Waals surface area contributed by atoms with Crippen molar-refractivity contribution in [2.24, 2.45) is 0 Å². The molecule has 3 rings (SSSR count). The Hall–Kier alpha value is -2.10. The number of thioether (sulfide) groups is 2. The third kappa shape index (κ3) is 5.45. The molecule has 0 spiro atoms. The van der Waals surface area contributed by atoms with E-state index in [1.165, 1.54) is 23.5 Å². The molecule has 26 heavy (non-hydrogen) atoms. The number of carbonyl (C=O) groups excluding carboxylic acids is 1. The van der Waals surface area contributed by atoms with Gasteiger partial charge in [-0.05, 0) is 53.3 Å². The van der Waals surface area contributed by atoms with Gasteiger partial charge in [0.05, 0.1) is 16.2 Å². The van der Waals surface area contributed by atoms with Gasteiger partial charge in [0, 0.05) is 0 Å². The molecule has 134 valence electrons. The molecular weight excluding hydrogens is 366 g/mol. The number of hydrogen-bond acceptors (Lipinski definition) is 6. The lowest BCUT2D eigenvalue weighted by molar-refractivity contribution is -0.147. The molecule has 0 bridgehead atoms. The fraction of sp³-hybridized carbons (Fsp3) is 0.300. The van der Waals surface area contributed by atoms with Crippen LogP contribution in [0, 0.1) is 11.3 Å². The highest BCUT2D eigenvalue weighted by atomic mass is 32.2. The summed E-state index contributed by atoms with van der Waals surface area (Å²) in [6.45, 7) is 0.0471. The average molecular weight is 386 g/mol. The Morgan fingerprint density at radius 2 is 1.77 bits per heavy atom. The summed E-state index contributed by atoms with van der Waals surface area (Å²) < 4.78 is 11.2. The quantitative estimate of drug-likeness (QED) is 0.680. The van der Waals surface area contributed by atoms with Crippen molar-refractivity contribution >= 4 is 29.5 Å². The monoisotopic (exact) mass is 385 g/mol. The smallest absolute Gasteiger partial charge is 0.344 e. The first-order chi connectivity index (χ1) is 12.7. The standard InChI is InChI=1S/C20H19NO3S2/c21-12-15-2-4-16(5-3-15)13-24-19(22)14-23-18-8-6-17(7-9-18)20-25-10-1-11-26-20/h2-9,20H,1,10-11,13-14H2. The van der Waals surface area contributed by atoms with E-state index < -0.39 is 5.97 Å². The van der Waals surface area contributed by atoms with Gasteiger partial charge in [-0.3, -0.25) is 0 Å². The molecule has 0 atom stereocenters. The predicted molar refractivity (Wildman–Crippen MR) is 105 cm³/mol. The van der Waals surface area contributed by atoms with Gasteiger partial charge in [-0.15, -0.1) is 23.5 Å². The second-order valence-corrected chi connectivity index (χ2v) is 8.48. The van der Waals surface area contributed by atoms with Crippen LogP contribution in [0.3, 0.4) is 0 Å². The molecule has 0 saturated carbocycles. The van der Waals surface area contributed by atoms with Crippen LogP contribution in [0.25, 0.3) is 0 Å². The van der Waals surface area contributed by atoms with Gasteiger partial charge < -0.3 is 9.47 Å². The Kier molecular flexibility index (Phi) is 6.87. The zero-order valence-electron chi connectivity index (χ0n) is 14.2. The maximum absolute atomic E-state index is 11.8. The van der Waals surface area contributed by atoms with Crippen LogP contribution in [0.5, 0.6) is 5.75 Å². The lowest BCUT2D eigenvalue weighted by Gasteiger charge is -2.21. The van der Waals surface area contributed by atoms with E-state index in [-0.39, 0.29) is 13.2 Å². The minimum absolute atomic E-state index is 0.122. The summed E-state index contributed by atoms with van der Waals surface area (Å²) in [4.78, 5) is 11.8. The Bertz CT molecular complexity index is 763. The van der Waals surface area contributed by atoms with E-state index >= 15 is 0 Å². The molecule has 6 heteroatoms. The first-order valence-electron chi connectivity index (χ1n) is 8.35. The fourth-order valence-corrected chi connectivity index (χ4v) is 5.32. The third-order valence-corrected chi connectivity index (χ3v) is 6.83. The summed E-state index contributed by atoms with van der Waals surface area (Å²) in [6.07, 6.45) is 1.28. The number of benzene rings is 2. The molecule has 1 heterocycles. The van der Waals surface area contributed by atoms with Crippen molar-refractivity contribution in [2.75, 3.05) is 18.1 Å². The summed E-state index contributed by atoms with van der Waals surface area (Å²) in [5.74, 6) is 2.66. The second-order valence-electron chi connectivity index (χ2n) is 5.75. The molecule has 0 N–H and O–H groups in total. The highest BCUT2D eigenvalue weighted by Gasteiger charge is 2.16. The van der Waals surface area contributed by atoms with E-state index in [0.717, 1.165) is 5.56 Å².